The zero-order valence-electron chi connectivity index (χ0n) is 12.7. The molecule has 0 aromatic heterocycles. The zero-order chi connectivity index (χ0) is 14.5. The largest absolute Gasteiger partial charge is 0.494 e. The van der Waals surface area contributed by atoms with Crippen LogP contribution in [-0.2, 0) is 11.2 Å². The predicted octanol–water partition coefficient (Wildman–Crippen LogP) is 2.25. The van der Waals surface area contributed by atoms with E-state index in [4.69, 9.17) is 10.5 Å². The van der Waals surface area contributed by atoms with Gasteiger partial charge in [-0.1, -0.05) is 12.1 Å². The van der Waals surface area contributed by atoms with Gasteiger partial charge in [0.25, 0.3) is 0 Å². The molecule has 118 valence electrons. The van der Waals surface area contributed by atoms with E-state index in [0.717, 1.165) is 24.3 Å². The summed E-state index contributed by atoms with van der Waals surface area (Å²) in [5.74, 6) is 1.49. The Balaban J connectivity index is 0.00000220. The lowest BCUT2D eigenvalue weighted by Crippen LogP contribution is -2.35. The third-order valence-electron chi connectivity index (χ3n) is 3.90. The van der Waals surface area contributed by atoms with Crippen molar-refractivity contribution in [1.29, 1.82) is 0 Å². The smallest absolute Gasteiger partial charge is 0.227 e. The molecular weight excluding hydrogens is 288 g/mol. The molecular formula is C16H25ClN2O2. The number of amides is 1. The van der Waals surface area contributed by atoms with Gasteiger partial charge < -0.3 is 15.4 Å². The first-order valence-corrected chi connectivity index (χ1v) is 7.35. The summed E-state index contributed by atoms with van der Waals surface area (Å²) in [5, 5.41) is 0. The van der Waals surface area contributed by atoms with Crippen LogP contribution >= 0.6 is 12.4 Å². The Morgan fingerprint density at radius 2 is 2.05 bits per heavy atom. The van der Waals surface area contributed by atoms with Crippen molar-refractivity contribution < 1.29 is 9.53 Å². The molecule has 21 heavy (non-hydrogen) atoms. The second-order valence-corrected chi connectivity index (χ2v) is 5.49. The molecule has 0 spiro atoms. The minimum Gasteiger partial charge on any atom is -0.494 e. The molecule has 0 radical (unpaired) electrons. The molecule has 2 atom stereocenters. The number of carbonyl (C=O) groups is 1. The highest BCUT2D eigenvalue weighted by Crippen LogP contribution is 2.23. The van der Waals surface area contributed by atoms with Gasteiger partial charge in [0.1, 0.15) is 5.75 Å². The van der Waals surface area contributed by atoms with E-state index in [-0.39, 0.29) is 18.3 Å². The molecule has 5 heteroatoms. The van der Waals surface area contributed by atoms with Gasteiger partial charge in [-0.15, -0.1) is 12.4 Å². The molecule has 2 unspecified atom stereocenters. The highest BCUT2D eigenvalue weighted by atomic mass is 35.5. The van der Waals surface area contributed by atoms with E-state index in [1.807, 2.05) is 36.1 Å². The maximum absolute atomic E-state index is 12.4. The van der Waals surface area contributed by atoms with E-state index in [9.17, 15) is 4.79 Å². The number of likely N-dealkylation sites (tertiary alicyclic amines) is 1. The Labute approximate surface area is 133 Å². The summed E-state index contributed by atoms with van der Waals surface area (Å²) >= 11 is 0. The Morgan fingerprint density at radius 3 is 2.57 bits per heavy atom. The lowest BCUT2D eigenvalue weighted by Gasteiger charge is -2.21. The van der Waals surface area contributed by atoms with Crippen molar-refractivity contribution in [3.8, 4) is 5.75 Å². The lowest BCUT2D eigenvalue weighted by molar-refractivity contribution is -0.131. The topological polar surface area (TPSA) is 55.6 Å². The van der Waals surface area contributed by atoms with Gasteiger partial charge in [0.05, 0.1) is 13.0 Å². The molecule has 0 saturated carbocycles. The monoisotopic (exact) mass is 312 g/mol. The van der Waals surface area contributed by atoms with Crippen molar-refractivity contribution in [1.82, 2.24) is 4.90 Å². The van der Waals surface area contributed by atoms with Gasteiger partial charge in [-0.25, -0.2) is 0 Å². The maximum Gasteiger partial charge on any atom is 0.227 e. The average Bonchev–Trinajstić information content (AvgIpc) is 2.83. The Bertz CT molecular complexity index is 450. The second kappa shape index (κ2) is 8.25. The van der Waals surface area contributed by atoms with Crippen LogP contribution in [0.4, 0.5) is 0 Å². The highest BCUT2D eigenvalue weighted by Gasteiger charge is 2.31. The first kappa shape index (κ1) is 17.8. The number of nitrogens with zero attached hydrogens (tertiary/aromatic N) is 1. The number of benzene rings is 1. The average molecular weight is 313 g/mol. The van der Waals surface area contributed by atoms with Crippen molar-refractivity contribution in [2.24, 2.45) is 11.7 Å². The predicted molar refractivity (Wildman–Crippen MR) is 86.9 cm³/mol. The molecule has 1 fully saturated rings. The first-order chi connectivity index (χ1) is 9.63. The summed E-state index contributed by atoms with van der Waals surface area (Å²) < 4.78 is 5.40. The number of nitrogens with two attached hydrogens (primary N) is 1. The SMILES string of the molecule is CCOc1ccc(CC(=O)N2CC(CN)CC2C)cc1.Cl. The summed E-state index contributed by atoms with van der Waals surface area (Å²) in [4.78, 5) is 14.3. The van der Waals surface area contributed by atoms with Gasteiger partial charge in [-0.3, -0.25) is 4.79 Å². The molecule has 1 saturated heterocycles. The maximum atomic E-state index is 12.4. The summed E-state index contributed by atoms with van der Waals surface area (Å²) in [6.45, 7) is 6.18. The number of hydrogen-bond donors (Lipinski definition) is 1. The van der Waals surface area contributed by atoms with Gasteiger partial charge in [0, 0.05) is 12.6 Å². The number of rotatable bonds is 5. The molecule has 0 aliphatic carbocycles. The quantitative estimate of drug-likeness (QED) is 0.907. The fourth-order valence-electron chi connectivity index (χ4n) is 2.81. The van der Waals surface area contributed by atoms with E-state index in [0.29, 0.717) is 31.5 Å². The molecule has 1 heterocycles. The van der Waals surface area contributed by atoms with Crippen LogP contribution in [-0.4, -0.2) is 36.5 Å². The fraction of sp³-hybridized carbons (Fsp3) is 0.562. The minimum atomic E-state index is 0. The normalized spacial score (nSPS) is 21.0. The van der Waals surface area contributed by atoms with Crippen LogP contribution in [0.2, 0.25) is 0 Å². The van der Waals surface area contributed by atoms with Crippen molar-refractivity contribution in [2.45, 2.75) is 32.7 Å². The fourth-order valence-corrected chi connectivity index (χ4v) is 2.81. The van der Waals surface area contributed by atoms with Crippen LogP contribution in [0.5, 0.6) is 5.75 Å². The van der Waals surface area contributed by atoms with Crippen molar-refractivity contribution >= 4 is 18.3 Å². The number of hydrogen-bond acceptors (Lipinski definition) is 3. The number of ether oxygens (including phenoxy) is 1. The summed E-state index contributed by atoms with van der Waals surface area (Å²) in [6, 6.07) is 8.07. The molecule has 2 N–H and O–H groups in total. The van der Waals surface area contributed by atoms with Crippen molar-refractivity contribution in [3.05, 3.63) is 29.8 Å². The Hall–Kier alpha value is -1.26. The molecule has 4 nitrogen and oxygen atoms in total. The summed E-state index contributed by atoms with van der Waals surface area (Å²) in [7, 11) is 0. The van der Waals surface area contributed by atoms with E-state index in [1.54, 1.807) is 0 Å². The molecule has 1 aromatic rings. The van der Waals surface area contributed by atoms with E-state index in [1.165, 1.54) is 0 Å². The summed E-state index contributed by atoms with van der Waals surface area (Å²) in [6.07, 6.45) is 1.47. The van der Waals surface area contributed by atoms with Crippen LogP contribution in [0.3, 0.4) is 0 Å². The lowest BCUT2D eigenvalue weighted by atomic mass is 10.1. The van der Waals surface area contributed by atoms with Crippen LogP contribution in [0.25, 0.3) is 0 Å². The van der Waals surface area contributed by atoms with Crippen LogP contribution < -0.4 is 10.5 Å². The van der Waals surface area contributed by atoms with Gasteiger partial charge in [0.15, 0.2) is 0 Å². The zero-order valence-corrected chi connectivity index (χ0v) is 13.6. The summed E-state index contributed by atoms with van der Waals surface area (Å²) in [5.41, 5.74) is 6.73. The van der Waals surface area contributed by atoms with Crippen LogP contribution in [0.15, 0.2) is 24.3 Å². The van der Waals surface area contributed by atoms with Crippen LogP contribution in [0.1, 0.15) is 25.8 Å². The molecule has 1 amide bonds. The number of carbonyl (C=O) groups excluding carboxylic acids is 1. The Morgan fingerprint density at radius 1 is 1.38 bits per heavy atom. The highest BCUT2D eigenvalue weighted by molar-refractivity contribution is 5.85. The third kappa shape index (κ3) is 4.61. The van der Waals surface area contributed by atoms with Crippen molar-refractivity contribution in [2.75, 3.05) is 19.7 Å². The molecule has 2 rings (SSSR count). The van der Waals surface area contributed by atoms with Gasteiger partial charge in [0.2, 0.25) is 5.91 Å². The third-order valence-corrected chi connectivity index (χ3v) is 3.90. The standard InChI is InChI=1S/C16H24N2O2.ClH/c1-3-20-15-6-4-13(5-7-15)9-16(19)18-11-14(10-17)8-12(18)2;/h4-7,12,14H,3,8-11,17H2,1-2H3;1H. The van der Waals surface area contributed by atoms with E-state index >= 15 is 0 Å². The van der Waals surface area contributed by atoms with E-state index < -0.39 is 0 Å². The first-order valence-electron chi connectivity index (χ1n) is 7.35. The molecule has 1 aromatic carbocycles. The molecule has 1 aliphatic rings. The van der Waals surface area contributed by atoms with Gasteiger partial charge >= 0.3 is 0 Å². The van der Waals surface area contributed by atoms with Gasteiger partial charge in [-0.2, -0.15) is 0 Å². The number of halogens is 1. The Kier molecular flexibility index (Phi) is 6.99. The second-order valence-electron chi connectivity index (χ2n) is 5.49. The van der Waals surface area contributed by atoms with E-state index in [2.05, 4.69) is 6.92 Å². The van der Waals surface area contributed by atoms with Crippen LogP contribution in [0, 0.1) is 5.92 Å². The molecule has 1 aliphatic heterocycles. The minimum absolute atomic E-state index is 0. The molecule has 0 bridgehead atoms. The van der Waals surface area contributed by atoms with Gasteiger partial charge in [-0.05, 0) is 50.4 Å². The van der Waals surface area contributed by atoms with Crippen molar-refractivity contribution in [3.63, 3.8) is 0 Å².